The zero-order valence-corrected chi connectivity index (χ0v) is 15.6. The molecular weight excluding hydrogens is 312 g/mol. The molecule has 138 valence electrons. The Morgan fingerprint density at radius 1 is 0.840 bits per heavy atom. The summed E-state index contributed by atoms with van der Waals surface area (Å²) >= 11 is 0. The summed E-state index contributed by atoms with van der Waals surface area (Å²) in [6.07, 6.45) is 7.85. The Hall–Kier alpha value is -1.78. The van der Waals surface area contributed by atoms with Crippen LogP contribution in [0.15, 0.2) is 36.4 Å². The maximum absolute atomic E-state index is 5.51. The second kappa shape index (κ2) is 11.7. The van der Waals surface area contributed by atoms with Crippen LogP contribution in [0.1, 0.15) is 44.2 Å². The van der Waals surface area contributed by atoms with Crippen LogP contribution in [-0.4, -0.2) is 39.5 Å². The number of fused-ring (bicyclic) bond motifs is 2. The lowest BCUT2D eigenvalue weighted by Gasteiger charge is -2.17. The van der Waals surface area contributed by atoms with E-state index in [1.165, 1.54) is 30.4 Å². The Balaban J connectivity index is 2.27. The molecule has 0 atom stereocenters. The fourth-order valence-electron chi connectivity index (χ4n) is 2.83. The van der Waals surface area contributed by atoms with E-state index in [0.29, 0.717) is 13.2 Å². The van der Waals surface area contributed by atoms with E-state index in [9.17, 15) is 0 Å². The molecule has 0 saturated carbocycles. The maximum Gasteiger partial charge on any atom is 0.0670 e. The van der Waals surface area contributed by atoms with Crippen LogP contribution in [0.3, 0.4) is 0 Å². The van der Waals surface area contributed by atoms with Gasteiger partial charge in [-0.3, -0.25) is 0 Å². The fraction of sp³-hybridized carbons (Fsp3) is 0.524. The van der Waals surface area contributed by atoms with Crippen molar-refractivity contribution in [1.82, 2.24) is 10.6 Å². The summed E-state index contributed by atoms with van der Waals surface area (Å²) in [6.45, 7) is 8.77. The average Bonchev–Trinajstić information content (AvgIpc) is 2.64. The Kier molecular flexibility index (Phi) is 9.16. The summed E-state index contributed by atoms with van der Waals surface area (Å²) in [6, 6.07) is 8.65. The van der Waals surface area contributed by atoms with Gasteiger partial charge in [-0.2, -0.15) is 0 Å². The molecule has 2 bridgehead atoms. The molecule has 1 aliphatic rings. The van der Waals surface area contributed by atoms with Crippen molar-refractivity contribution in [2.45, 2.75) is 33.1 Å². The molecule has 0 amide bonds. The van der Waals surface area contributed by atoms with E-state index in [4.69, 9.17) is 9.47 Å². The average molecular weight is 344 g/mol. The predicted molar refractivity (Wildman–Crippen MR) is 105 cm³/mol. The molecule has 1 aromatic carbocycles. The fourth-order valence-corrected chi connectivity index (χ4v) is 2.83. The van der Waals surface area contributed by atoms with Crippen LogP contribution in [0.4, 0.5) is 0 Å². The van der Waals surface area contributed by atoms with E-state index < -0.39 is 0 Å². The summed E-state index contributed by atoms with van der Waals surface area (Å²) in [5, 5.41) is 7.18. The lowest BCUT2D eigenvalue weighted by molar-refractivity contribution is 0.177. The molecule has 0 aliphatic carbocycles. The number of hydrogen-bond acceptors (Lipinski definition) is 4. The standard InChI is InChI=1S/C21H32N2O2/c1-3-24-15-11-20-18-9-8-10-19(17-18)21(12-16-25-4-2)23-14-7-5-6-13-22-20/h8-12,17,22-23H,3-7,13-16H2,1-2H3/b20-11-,21-12-. The van der Waals surface area contributed by atoms with E-state index in [0.717, 1.165) is 37.7 Å². The van der Waals surface area contributed by atoms with E-state index >= 15 is 0 Å². The molecule has 1 heterocycles. The molecule has 0 unspecified atom stereocenters. The van der Waals surface area contributed by atoms with E-state index in [1.54, 1.807) is 0 Å². The Morgan fingerprint density at radius 3 is 1.84 bits per heavy atom. The van der Waals surface area contributed by atoms with Crippen LogP contribution in [0.2, 0.25) is 0 Å². The number of hydrogen-bond donors (Lipinski definition) is 2. The summed E-state index contributed by atoms with van der Waals surface area (Å²) in [4.78, 5) is 0. The summed E-state index contributed by atoms with van der Waals surface area (Å²) < 4.78 is 11.0. The summed E-state index contributed by atoms with van der Waals surface area (Å²) in [5.74, 6) is 0. The number of ether oxygens (including phenoxy) is 2. The van der Waals surface area contributed by atoms with Crippen molar-refractivity contribution >= 4 is 11.4 Å². The van der Waals surface area contributed by atoms with Crippen molar-refractivity contribution in [3.63, 3.8) is 0 Å². The van der Waals surface area contributed by atoms with Crippen LogP contribution in [-0.2, 0) is 9.47 Å². The quantitative estimate of drug-likeness (QED) is 0.770. The van der Waals surface area contributed by atoms with E-state index in [-0.39, 0.29) is 0 Å². The normalized spacial score (nSPS) is 19.0. The van der Waals surface area contributed by atoms with E-state index in [1.807, 2.05) is 13.8 Å². The van der Waals surface area contributed by atoms with Crippen LogP contribution in [0.5, 0.6) is 0 Å². The largest absolute Gasteiger partial charge is 0.385 e. The molecule has 2 N–H and O–H groups in total. The molecule has 4 heteroatoms. The predicted octanol–water partition coefficient (Wildman–Crippen LogP) is 3.80. The molecule has 0 radical (unpaired) electrons. The summed E-state index contributed by atoms with van der Waals surface area (Å²) in [7, 11) is 0. The molecular formula is C21H32N2O2. The van der Waals surface area contributed by atoms with Gasteiger partial charge in [0.05, 0.1) is 13.2 Å². The molecule has 0 aromatic heterocycles. The van der Waals surface area contributed by atoms with Gasteiger partial charge in [0.25, 0.3) is 0 Å². The topological polar surface area (TPSA) is 42.5 Å². The zero-order chi connectivity index (χ0) is 17.7. The van der Waals surface area contributed by atoms with Gasteiger partial charge in [0.1, 0.15) is 0 Å². The molecule has 0 fully saturated rings. The van der Waals surface area contributed by atoms with Gasteiger partial charge in [0.2, 0.25) is 0 Å². The lowest BCUT2D eigenvalue weighted by atomic mass is 10.0. The molecule has 4 nitrogen and oxygen atoms in total. The molecule has 2 rings (SSSR count). The van der Waals surface area contributed by atoms with Crippen LogP contribution < -0.4 is 10.6 Å². The minimum atomic E-state index is 0.633. The van der Waals surface area contributed by atoms with Gasteiger partial charge in [-0.05, 0) is 62.5 Å². The van der Waals surface area contributed by atoms with Crippen LogP contribution in [0, 0.1) is 0 Å². The molecule has 25 heavy (non-hydrogen) atoms. The molecule has 1 aliphatic heterocycles. The highest BCUT2D eigenvalue weighted by molar-refractivity contribution is 5.71. The first kappa shape index (κ1) is 19.5. The van der Waals surface area contributed by atoms with Gasteiger partial charge in [-0.1, -0.05) is 18.2 Å². The highest BCUT2D eigenvalue weighted by atomic mass is 16.5. The minimum Gasteiger partial charge on any atom is -0.385 e. The van der Waals surface area contributed by atoms with Crippen LogP contribution >= 0.6 is 0 Å². The van der Waals surface area contributed by atoms with Gasteiger partial charge in [-0.25, -0.2) is 0 Å². The second-order valence-electron chi connectivity index (χ2n) is 6.05. The van der Waals surface area contributed by atoms with Gasteiger partial charge in [-0.15, -0.1) is 0 Å². The van der Waals surface area contributed by atoms with Crippen molar-refractivity contribution < 1.29 is 9.47 Å². The molecule has 0 saturated heterocycles. The highest BCUT2D eigenvalue weighted by Gasteiger charge is 2.07. The third kappa shape index (κ3) is 6.92. The third-order valence-electron chi connectivity index (χ3n) is 4.19. The minimum absolute atomic E-state index is 0.633. The number of benzene rings is 1. The Bertz CT molecular complexity index is 522. The maximum atomic E-state index is 5.51. The first-order chi connectivity index (χ1) is 12.3. The first-order valence-corrected chi connectivity index (χ1v) is 9.49. The monoisotopic (exact) mass is 344 g/mol. The lowest BCUT2D eigenvalue weighted by Crippen LogP contribution is -2.19. The van der Waals surface area contributed by atoms with Crippen molar-refractivity contribution in [1.29, 1.82) is 0 Å². The van der Waals surface area contributed by atoms with Gasteiger partial charge < -0.3 is 20.1 Å². The first-order valence-electron chi connectivity index (χ1n) is 9.49. The second-order valence-corrected chi connectivity index (χ2v) is 6.05. The van der Waals surface area contributed by atoms with Gasteiger partial charge in [0.15, 0.2) is 0 Å². The molecule has 1 aromatic rings. The van der Waals surface area contributed by atoms with Gasteiger partial charge in [0, 0.05) is 37.7 Å². The number of nitrogens with one attached hydrogen (secondary N) is 2. The Morgan fingerprint density at radius 2 is 1.36 bits per heavy atom. The van der Waals surface area contributed by atoms with Crippen molar-refractivity contribution in [3.05, 3.63) is 47.5 Å². The van der Waals surface area contributed by atoms with Crippen LogP contribution in [0.25, 0.3) is 11.4 Å². The SMILES string of the molecule is CCOC/C=C1\NCCCCCN/C(=C\COCC)c2cccc1c2. The Labute approximate surface area is 152 Å². The smallest absolute Gasteiger partial charge is 0.0670 e. The van der Waals surface area contributed by atoms with Crippen molar-refractivity contribution in [2.24, 2.45) is 0 Å². The van der Waals surface area contributed by atoms with Crippen molar-refractivity contribution in [2.75, 3.05) is 39.5 Å². The molecule has 0 spiro atoms. The van der Waals surface area contributed by atoms with E-state index in [2.05, 4.69) is 47.1 Å². The zero-order valence-electron chi connectivity index (χ0n) is 15.6. The van der Waals surface area contributed by atoms with Gasteiger partial charge >= 0.3 is 0 Å². The third-order valence-corrected chi connectivity index (χ3v) is 4.19. The highest BCUT2D eigenvalue weighted by Crippen LogP contribution is 2.19. The number of rotatable bonds is 6. The summed E-state index contributed by atoms with van der Waals surface area (Å²) in [5.41, 5.74) is 4.70. The van der Waals surface area contributed by atoms with Crippen molar-refractivity contribution in [3.8, 4) is 0 Å².